The van der Waals surface area contributed by atoms with E-state index in [1.165, 1.54) is 24.6 Å². The number of pyridine rings is 1. The first-order chi connectivity index (χ1) is 18.1. The van der Waals surface area contributed by atoms with Crippen molar-refractivity contribution in [1.29, 1.82) is 0 Å². The number of anilines is 2. The van der Waals surface area contributed by atoms with Crippen LogP contribution in [-0.4, -0.2) is 72.9 Å². The summed E-state index contributed by atoms with van der Waals surface area (Å²) in [6, 6.07) is 1.70. The molecular formula is C25H30N8O4S. The maximum atomic E-state index is 13.3. The van der Waals surface area contributed by atoms with E-state index in [0.717, 1.165) is 18.0 Å². The second kappa shape index (κ2) is 9.82. The van der Waals surface area contributed by atoms with Gasteiger partial charge in [0.25, 0.3) is 5.91 Å². The first-order valence-electron chi connectivity index (χ1n) is 12.1. The monoisotopic (exact) mass is 538 g/mol. The Kier molecular flexibility index (Phi) is 6.67. The Morgan fingerprint density at radius 2 is 2.00 bits per heavy atom. The van der Waals surface area contributed by atoms with Crippen molar-refractivity contribution < 1.29 is 19.4 Å². The standard InChI is InChI=1S/C25H30N8O4S/c1-14-17(6-15(7-26-14)28-20(35)10-32-12-25(2,3)13-32)29-22(36)16-8-27-33-9-19(38-24(16)33)21-18(11-34)31(4)30-23(21)37-5/h6-9,34H,10-13H2,1-5H3,(H,28,35)(H,29,36). The van der Waals surface area contributed by atoms with E-state index < -0.39 is 0 Å². The summed E-state index contributed by atoms with van der Waals surface area (Å²) in [5.41, 5.74) is 3.49. The molecule has 4 aromatic heterocycles. The number of nitrogens with zero attached hydrogens (tertiary/aromatic N) is 6. The molecule has 0 unspecified atom stereocenters. The molecular weight excluding hydrogens is 508 g/mol. The van der Waals surface area contributed by atoms with Gasteiger partial charge >= 0.3 is 0 Å². The third kappa shape index (κ3) is 4.87. The summed E-state index contributed by atoms with van der Waals surface area (Å²) in [5, 5.41) is 24.3. The number of hydrogen-bond acceptors (Lipinski definition) is 9. The van der Waals surface area contributed by atoms with Gasteiger partial charge in [0.2, 0.25) is 11.8 Å². The molecule has 0 aromatic carbocycles. The number of fused-ring (bicyclic) bond motifs is 1. The molecule has 4 aromatic rings. The van der Waals surface area contributed by atoms with E-state index in [1.807, 2.05) is 0 Å². The van der Waals surface area contributed by atoms with Gasteiger partial charge in [-0.25, -0.2) is 4.52 Å². The van der Waals surface area contributed by atoms with Gasteiger partial charge in [-0.2, -0.15) is 5.10 Å². The van der Waals surface area contributed by atoms with Crippen LogP contribution < -0.4 is 15.4 Å². The Balaban J connectivity index is 1.34. The number of carbonyl (C=O) groups is 2. The molecule has 1 fully saturated rings. The molecule has 12 nitrogen and oxygen atoms in total. The van der Waals surface area contributed by atoms with Crippen LogP contribution in [0.2, 0.25) is 0 Å². The number of aryl methyl sites for hydroxylation is 2. The Labute approximate surface area is 223 Å². The lowest BCUT2D eigenvalue weighted by atomic mass is 9.84. The molecule has 200 valence electrons. The smallest absolute Gasteiger partial charge is 0.260 e. The van der Waals surface area contributed by atoms with Crippen molar-refractivity contribution in [3.8, 4) is 16.3 Å². The van der Waals surface area contributed by atoms with E-state index in [9.17, 15) is 14.7 Å². The Morgan fingerprint density at radius 1 is 1.24 bits per heavy atom. The fourth-order valence-electron chi connectivity index (χ4n) is 4.76. The summed E-state index contributed by atoms with van der Waals surface area (Å²) in [6.45, 7) is 7.99. The van der Waals surface area contributed by atoms with Crippen LogP contribution >= 0.6 is 11.3 Å². The third-order valence-electron chi connectivity index (χ3n) is 6.45. The topological polar surface area (TPSA) is 139 Å². The fourth-order valence-corrected chi connectivity index (χ4v) is 5.88. The number of aliphatic hydroxyl groups excluding tert-OH is 1. The van der Waals surface area contributed by atoms with Crippen molar-refractivity contribution in [1.82, 2.24) is 29.3 Å². The molecule has 0 aliphatic carbocycles. The number of aromatic nitrogens is 5. The van der Waals surface area contributed by atoms with Gasteiger partial charge in [-0.3, -0.25) is 24.2 Å². The van der Waals surface area contributed by atoms with Gasteiger partial charge in [0, 0.05) is 26.3 Å². The van der Waals surface area contributed by atoms with Gasteiger partial charge in [0.1, 0.15) is 4.83 Å². The number of hydrogen-bond donors (Lipinski definition) is 3. The predicted molar refractivity (Wildman–Crippen MR) is 144 cm³/mol. The average molecular weight is 539 g/mol. The van der Waals surface area contributed by atoms with Crippen molar-refractivity contribution in [2.75, 3.05) is 37.4 Å². The number of thiazole rings is 1. The Bertz CT molecular complexity index is 1530. The first-order valence-corrected chi connectivity index (χ1v) is 12.9. The summed E-state index contributed by atoms with van der Waals surface area (Å²) in [5.74, 6) is -0.100. The van der Waals surface area contributed by atoms with Crippen LogP contribution in [-0.2, 0) is 18.4 Å². The number of amides is 2. The lowest BCUT2D eigenvalue weighted by molar-refractivity contribution is -0.120. The summed E-state index contributed by atoms with van der Waals surface area (Å²) in [7, 11) is 3.25. The highest BCUT2D eigenvalue weighted by Gasteiger charge is 2.34. The van der Waals surface area contributed by atoms with Gasteiger partial charge < -0.3 is 20.5 Å². The predicted octanol–water partition coefficient (Wildman–Crippen LogP) is 2.53. The molecule has 5 heterocycles. The second-order valence-electron chi connectivity index (χ2n) is 10.2. The highest BCUT2D eigenvalue weighted by molar-refractivity contribution is 7.21. The van der Waals surface area contributed by atoms with Crippen LogP contribution in [0.25, 0.3) is 15.3 Å². The molecule has 3 N–H and O–H groups in total. The Morgan fingerprint density at radius 3 is 2.68 bits per heavy atom. The number of rotatable bonds is 8. The lowest BCUT2D eigenvalue weighted by Crippen LogP contribution is -2.54. The number of ether oxygens (including phenoxy) is 1. The van der Waals surface area contributed by atoms with Gasteiger partial charge in [-0.05, 0) is 18.4 Å². The van der Waals surface area contributed by atoms with Crippen molar-refractivity contribution >= 4 is 39.4 Å². The van der Waals surface area contributed by atoms with Crippen LogP contribution in [0.1, 0.15) is 35.6 Å². The highest BCUT2D eigenvalue weighted by atomic mass is 32.1. The Hall–Kier alpha value is -3.81. The molecule has 0 spiro atoms. The molecule has 1 aliphatic rings. The molecule has 0 atom stereocenters. The highest BCUT2D eigenvalue weighted by Crippen LogP contribution is 2.38. The SMILES string of the molecule is COc1nn(C)c(CO)c1-c1cn2ncc(C(=O)Nc3cc(NC(=O)CN4CC(C)(C)C4)cnc3C)c2s1. The molecule has 13 heteroatoms. The molecule has 2 amide bonds. The summed E-state index contributed by atoms with van der Waals surface area (Å²) in [6.07, 6.45) is 4.85. The van der Waals surface area contributed by atoms with Crippen LogP contribution in [0.4, 0.5) is 11.4 Å². The largest absolute Gasteiger partial charge is 0.479 e. The van der Waals surface area contributed by atoms with E-state index in [2.05, 4.69) is 44.6 Å². The zero-order valence-electron chi connectivity index (χ0n) is 21.9. The molecule has 1 aliphatic heterocycles. The molecule has 38 heavy (non-hydrogen) atoms. The second-order valence-corrected chi connectivity index (χ2v) is 11.2. The number of aliphatic hydroxyl groups is 1. The van der Waals surface area contributed by atoms with Gasteiger partial charge in [-0.1, -0.05) is 13.8 Å². The lowest BCUT2D eigenvalue weighted by Gasteiger charge is -2.45. The van der Waals surface area contributed by atoms with Crippen LogP contribution in [0.5, 0.6) is 5.88 Å². The summed E-state index contributed by atoms with van der Waals surface area (Å²) in [4.78, 5) is 33.6. The minimum absolute atomic E-state index is 0.124. The van der Waals surface area contributed by atoms with Crippen molar-refractivity contribution in [2.24, 2.45) is 12.5 Å². The fraction of sp³-hybridized carbons (Fsp3) is 0.400. The van der Waals surface area contributed by atoms with E-state index in [0.29, 0.717) is 51.1 Å². The zero-order valence-corrected chi connectivity index (χ0v) is 22.7. The molecule has 1 saturated heterocycles. The van der Waals surface area contributed by atoms with Gasteiger partial charge in [-0.15, -0.1) is 16.4 Å². The molecule has 0 saturated carbocycles. The minimum atomic E-state index is -0.356. The number of nitrogens with one attached hydrogen (secondary N) is 2. The summed E-state index contributed by atoms with van der Waals surface area (Å²) >= 11 is 1.34. The van der Waals surface area contributed by atoms with E-state index >= 15 is 0 Å². The van der Waals surface area contributed by atoms with Crippen molar-refractivity contribution in [3.05, 3.63) is 41.6 Å². The zero-order chi connectivity index (χ0) is 27.2. The van der Waals surface area contributed by atoms with Crippen LogP contribution in [0.3, 0.4) is 0 Å². The maximum absolute atomic E-state index is 13.3. The van der Waals surface area contributed by atoms with Crippen molar-refractivity contribution in [3.63, 3.8) is 0 Å². The van der Waals surface area contributed by atoms with Crippen LogP contribution in [0, 0.1) is 12.3 Å². The van der Waals surface area contributed by atoms with Crippen LogP contribution in [0.15, 0.2) is 24.7 Å². The van der Waals surface area contributed by atoms with Gasteiger partial charge in [0.15, 0.2) is 0 Å². The third-order valence-corrected chi connectivity index (χ3v) is 7.58. The molecule has 0 radical (unpaired) electrons. The molecule has 5 rings (SSSR count). The first kappa shape index (κ1) is 25.8. The van der Waals surface area contributed by atoms with E-state index in [4.69, 9.17) is 4.74 Å². The summed E-state index contributed by atoms with van der Waals surface area (Å²) < 4.78 is 8.58. The number of likely N-dealkylation sites (tertiary alicyclic amines) is 1. The quantitative estimate of drug-likeness (QED) is 0.311. The van der Waals surface area contributed by atoms with Gasteiger partial charge in [0.05, 0.1) is 71.4 Å². The van der Waals surface area contributed by atoms with E-state index in [1.54, 1.807) is 41.6 Å². The molecule has 0 bridgehead atoms. The maximum Gasteiger partial charge on any atom is 0.260 e. The number of carbonyl (C=O) groups excluding carboxylic acids is 2. The number of methoxy groups -OCH3 is 1. The minimum Gasteiger partial charge on any atom is -0.479 e. The normalized spacial score (nSPS) is 14.9. The van der Waals surface area contributed by atoms with Crippen molar-refractivity contribution in [2.45, 2.75) is 27.4 Å². The van der Waals surface area contributed by atoms with E-state index in [-0.39, 0.29) is 23.8 Å². The average Bonchev–Trinajstić information content (AvgIpc) is 3.51.